The fourth-order valence-corrected chi connectivity index (χ4v) is 4.51. The number of hydrogen-bond acceptors (Lipinski definition) is 5. The molecule has 0 bridgehead atoms. The monoisotopic (exact) mass is 515 g/mol. The van der Waals surface area contributed by atoms with Gasteiger partial charge < -0.3 is 19.7 Å². The summed E-state index contributed by atoms with van der Waals surface area (Å²) >= 11 is 0. The smallest absolute Gasteiger partial charge is 0.218 e. The third-order valence-corrected chi connectivity index (χ3v) is 6.10. The Hall–Kier alpha value is -1.13. The number of nitrogens with one attached hydrogen (secondary N) is 1. The minimum Gasteiger partial charge on any atom is -0.474 e. The van der Waals surface area contributed by atoms with Gasteiger partial charge in [0.05, 0.1) is 13.2 Å². The normalized spacial score (nSPS) is 23.8. The lowest BCUT2D eigenvalue weighted by molar-refractivity contribution is 0.0195. The van der Waals surface area contributed by atoms with E-state index in [4.69, 9.17) is 9.47 Å². The minimum absolute atomic E-state index is 0. The van der Waals surface area contributed by atoms with Gasteiger partial charge in [-0.15, -0.1) is 24.0 Å². The lowest BCUT2D eigenvalue weighted by atomic mass is 10.2. The Bertz CT molecular complexity index is 662. The van der Waals surface area contributed by atoms with Gasteiger partial charge in [0.2, 0.25) is 5.88 Å². The number of hydrogen-bond donors (Lipinski definition) is 1. The molecule has 0 radical (unpaired) electrons. The molecule has 2 aliphatic heterocycles. The van der Waals surface area contributed by atoms with Gasteiger partial charge in [-0.3, -0.25) is 9.89 Å². The average molecular weight is 515 g/mol. The van der Waals surface area contributed by atoms with E-state index in [0.717, 1.165) is 69.6 Å². The minimum atomic E-state index is 0. The molecule has 1 unspecified atom stereocenters. The van der Waals surface area contributed by atoms with E-state index in [1.54, 1.807) is 0 Å². The van der Waals surface area contributed by atoms with Crippen molar-refractivity contribution in [1.82, 2.24) is 20.1 Å². The van der Waals surface area contributed by atoms with Crippen molar-refractivity contribution in [2.24, 2.45) is 4.99 Å². The van der Waals surface area contributed by atoms with Crippen LogP contribution in [0.4, 0.5) is 0 Å². The van der Waals surface area contributed by atoms with Crippen molar-refractivity contribution >= 4 is 29.9 Å². The molecule has 3 aliphatic rings. The number of aliphatic imine (C=N–C) groups is 1. The topological polar surface area (TPSA) is 62.2 Å². The lowest BCUT2D eigenvalue weighted by Crippen LogP contribution is -2.46. The molecule has 1 aromatic rings. The predicted molar refractivity (Wildman–Crippen MR) is 125 cm³/mol. The Kier molecular flexibility index (Phi) is 8.80. The summed E-state index contributed by atoms with van der Waals surface area (Å²) in [5.74, 6) is 1.73. The fraction of sp³-hybridized carbons (Fsp3) is 0.714. The average Bonchev–Trinajstić information content (AvgIpc) is 3.43. The van der Waals surface area contributed by atoms with Crippen molar-refractivity contribution in [3.63, 3.8) is 0 Å². The van der Waals surface area contributed by atoms with Crippen molar-refractivity contribution in [1.29, 1.82) is 0 Å². The maximum absolute atomic E-state index is 6.17. The molecule has 0 amide bonds. The van der Waals surface area contributed by atoms with Crippen molar-refractivity contribution in [2.75, 3.05) is 46.4 Å². The number of halogens is 1. The largest absolute Gasteiger partial charge is 0.474 e. The maximum Gasteiger partial charge on any atom is 0.218 e. The van der Waals surface area contributed by atoms with Gasteiger partial charge in [0.1, 0.15) is 6.10 Å². The number of aromatic nitrogens is 1. The molecule has 1 N–H and O–H groups in total. The quantitative estimate of drug-likeness (QED) is 0.370. The Morgan fingerprint density at radius 2 is 2.03 bits per heavy atom. The first kappa shape index (κ1) is 22.6. The number of likely N-dealkylation sites (tertiary alicyclic amines) is 1. The standard InChI is InChI=1S/C21H33N5O2.HI/c1-22-21(26-10-8-18(16-26)25-11-13-27-14-12-25)24-15-17-5-4-9-23-20(17)28-19-6-2-3-7-19;/h4-5,9,18-19H,2-3,6-8,10-16H2,1H3,(H,22,24);1H. The highest BCUT2D eigenvalue weighted by Crippen LogP contribution is 2.25. The van der Waals surface area contributed by atoms with Gasteiger partial charge >= 0.3 is 0 Å². The van der Waals surface area contributed by atoms with E-state index in [0.29, 0.717) is 18.7 Å². The molecule has 0 spiro atoms. The van der Waals surface area contributed by atoms with Crippen molar-refractivity contribution in [3.8, 4) is 5.88 Å². The summed E-state index contributed by atoms with van der Waals surface area (Å²) < 4.78 is 11.7. The number of guanidine groups is 1. The summed E-state index contributed by atoms with van der Waals surface area (Å²) in [6.45, 7) is 6.55. The van der Waals surface area contributed by atoms with Crippen LogP contribution in [0, 0.1) is 0 Å². The molecular formula is C21H34IN5O2. The van der Waals surface area contributed by atoms with Gasteiger partial charge in [-0.1, -0.05) is 6.07 Å². The highest BCUT2D eigenvalue weighted by molar-refractivity contribution is 14.0. The molecule has 1 aliphatic carbocycles. The van der Waals surface area contributed by atoms with Crippen LogP contribution in [0.5, 0.6) is 5.88 Å². The molecule has 0 aromatic carbocycles. The van der Waals surface area contributed by atoms with E-state index >= 15 is 0 Å². The zero-order chi connectivity index (χ0) is 19.2. The molecule has 1 atom stereocenters. The van der Waals surface area contributed by atoms with Crippen LogP contribution in [-0.2, 0) is 11.3 Å². The van der Waals surface area contributed by atoms with E-state index in [9.17, 15) is 0 Å². The Morgan fingerprint density at radius 3 is 2.79 bits per heavy atom. The first-order chi connectivity index (χ1) is 13.8. The van der Waals surface area contributed by atoms with E-state index in [-0.39, 0.29) is 24.0 Å². The number of ether oxygens (including phenoxy) is 2. The Labute approximate surface area is 191 Å². The maximum atomic E-state index is 6.17. The highest BCUT2D eigenvalue weighted by Gasteiger charge is 2.30. The Balaban J connectivity index is 0.00000240. The Morgan fingerprint density at radius 1 is 1.24 bits per heavy atom. The highest BCUT2D eigenvalue weighted by atomic mass is 127. The fourth-order valence-electron chi connectivity index (χ4n) is 4.51. The molecule has 3 fully saturated rings. The van der Waals surface area contributed by atoms with E-state index in [1.807, 2.05) is 19.3 Å². The second kappa shape index (κ2) is 11.3. The molecule has 1 saturated carbocycles. The summed E-state index contributed by atoms with van der Waals surface area (Å²) in [6.07, 6.45) is 8.12. The van der Waals surface area contributed by atoms with Crippen LogP contribution in [0.25, 0.3) is 0 Å². The molecule has 4 rings (SSSR count). The molecule has 162 valence electrons. The summed E-state index contributed by atoms with van der Waals surface area (Å²) in [5.41, 5.74) is 1.10. The van der Waals surface area contributed by atoms with E-state index in [1.165, 1.54) is 19.3 Å². The molecule has 7 nitrogen and oxygen atoms in total. The molecule has 1 aromatic heterocycles. The van der Waals surface area contributed by atoms with Crippen molar-refractivity contribution in [2.45, 2.75) is 50.8 Å². The molecule has 2 saturated heterocycles. The molecular weight excluding hydrogens is 481 g/mol. The molecule has 29 heavy (non-hydrogen) atoms. The van der Waals surface area contributed by atoms with E-state index < -0.39 is 0 Å². The van der Waals surface area contributed by atoms with Crippen LogP contribution in [0.15, 0.2) is 23.3 Å². The van der Waals surface area contributed by atoms with Crippen LogP contribution < -0.4 is 10.1 Å². The lowest BCUT2D eigenvalue weighted by Gasteiger charge is -2.32. The zero-order valence-corrected chi connectivity index (χ0v) is 19.7. The van der Waals surface area contributed by atoms with Crippen LogP contribution >= 0.6 is 24.0 Å². The number of morpholine rings is 1. The van der Waals surface area contributed by atoms with Crippen molar-refractivity contribution in [3.05, 3.63) is 23.9 Å². The molecule has 3 heterocycles. The first-order valence-electron chi connectivity index (χ1n) is 10.7. The van der Waals surface area contributed by atoms with Gasteiger partial charge in [-0.2, -0.15) is 0 Å². The van der Waals surface area contributed by atoms with Gasteiger partial charge in [-0.25, -0.2) is 4.98 Å². The number of nitrogens with zero attached hydrogens (tertiary/aromatic N) is 4. The number of pyridine rings is 1. The number of rotatable bonds is 5. The second-order valence-electron chi connectivity index (χ2n) is 7.93. The third kappa shape index (κ3) is 5.95. The van der Waals surface area contributed by atoms with E-state index in [2.05, 4.69) is 31.2 Å². The van der Waals surface area contributed by atoms with Crippen LogP contribution in [0.2, 0.25) is 0 Å². The van der Waals surface area contributed by atoms with Gasteiger partial charge in [0.25, 0.3) is 0 Å². The van der Waals surface area contributed by atoms with Gasteiger partial charge in [-0.05, 0) is 38.2 Å². The van der Waals surface area contributed by atoms with Crippen LogP contribution in [0.3, 0.4) is 0 Å². The van der Waals surface area contributed by atoms with Crippen LogP contribution in [0.1, 0.15) is 37.7 Å². The third-order valence-electron chi connectivity index (χ3n) is 6.10. The summed E-state index contributed by atoms with van der Waals surface area (Å²) in [7, 11) is 1.86. The summed E-state index contributed by atoms with van der Waals surface area (Å²) in [5, 5.41) is 3.53. The zero-order valence-electron chi connectivity index (χ0n) is 17.4. The SMILES string of the molecule is CN=C(NCc1cccnc1OC1CCCC1)N1CCC(N2CCOCC2)C1.I. The predicted octanol–water partition coefficient (Wildman–Crippen LogP) is 2.50. The van der Waals surface area contributed by atoms with Gasteiger partial charge in [0, 0.05) is 57.6 Å². The van der Waals surface area contributed by atoms with Gasteiger partial charge in [0.15, 0.2) is 5.96 Å². The second-order valence-corrected chi connectivity index (χ2v) is 7.93. The summed E-state index contributed by atoms with van der Waals surface area (Å²) in [4.78, 5) is 13.9. The summed E-state index contributed by atoms with van der Waals surface area (Å²) in [6, 6.07) is 4.67. The van der Waals surface area contributed by atoms with Crippen LogP contribution in [-0.4, -0.2) is 79.3 Å². The van der Waals surface area contributed by atoms with Crippen molar-refractivity contribution < 1.29 is 9.47 Å². The first-order valence-corrected chi connectivity index (χ1v) is 10.7. The molecule has 8 heteroatoms.